The Balaban J connectivity index is 2.30. The molecule has 0 aromatic heterocycles. The van der Waals surface area contributed by atoms with Crippen molar-refractivity contribution in [3.05, 3.63) is 29.6 Å². The van der Waals surface area contributed by atoms with E-state index in [1.807, 2.05) is 0 Å². The van der Waals surface area contributed by atoms with Crippen molar-refractivity contribution in [3.63, 3.8) is 0 Å². The number of benzene rings is 1. The van der Waals surface area contributed by atoms with Crippen LogP contribution >= 0.6 is 0 Å². The van der Waals surface area contributed by atoms with Crippen molar-refractivity contribution in [2.24, 2.45) is 0 Å². The molecular weight excluding hydrogens is 277 g/mol. The Morgan fingerprint density at radius 2 is 2.05 bits per heavy atom. The normalized spacial score (nSPS) is 15.0. The molecule has 0 atom stereocenters. The molecule has 1 amide bonds. The zero-order chi connectivity index (χ0) is 15.4. The number of esters is 1. The van der Waals surface area contributed by atoms with Crippen molar-refractivity contribution >= 4 is 11.9 Å². The van der Waals surface area contributed by atoms with E-state index in [4.69, 9.17) is 0 Å². The number of methoxy groups -OCH3 is 1. The number of hydrogen-bond donors (Lipinski definition) is 1. The summed E-state index contributed by atoms with van der Waals surface area (Å²) in [5.74, 6) is -2.46. The molecular formula is C15H18FNO4. The van der Waals surface area contributed by atoms with Gasteiger partial charge in [-0.1, -0.05) is 18.9 Å². The predicted octanol–water partition coefficient (Wildman–Crippen LogP) is 2.09. The fraction of sp³-hybridized carbons (Fsp3) is 0.467. The van der Waals surface area contributed by atoms with Gasteiger partial charge in [-0.05, 0) is 25.0 Å². The first-order valence-electron chi connectivity index (χ1n) is 6.90. The minimum atomic E-state index is -0.798. The van der Waals surface area contributed by atoms with Crippen molar-refractivity contribution in [2.75, 3.05) is 13.7 Å². The number of rotatable bonds is 4. The highest BCUT2D eigenvalue weighted by atomic mass is 19.1. The lowest BCUT2D eigenvalue weighted by atomic mass is 10.1. The van der Waals surface area contributed by atoms with Crippen LogP contribution in [0.5, 0.6) is 5.75 Å². The van der Waals surface area contributed by atoms with Crippen LogP contribution in [0.25, 0.3) is 0 Å². The number of amides is 1. The monoisotopic (exact) mass is 295 g/mol. The second kappa shape index (κ2) is 6.56. The molecule has 0 aliphatic heterocycles. The van der Waals surface area contributed by atoms with Crippen molar-refractivity contribution in [2.45, 2.75) is 31.7 Å². The summed E-state index contributed by atoms with van der Waals surface area (Å²) in [6.07, 6.45) is 3.44. The van der Waals surface area contributed by atoms with Crippen LogP contribution in [0.3, 0.4) is 0 Å². The molecule has 6 heteroatoms. The van der Waals surface area contributed by atoms with Gasteiger partial charge in [0.25, 0.3) is 5.91 Å². The molecule has 2 rings (SSSR count). The predicted molar refractivity (Wildman–Crippen MR) is 73.4 cm³/mol. The zero-order valence-corrected chi connectivity index (χ0v) is 11.8. The fourth-order valence-electron chi connectivity index (χ4n) is 2.65. The molecule has 1 aliphatic rings. The molecule has 0 saturated heterocycles. The lowest BCUT2D eigenvalue weighted by Crippen LogP contribution is -2.43. The molecule has 1 aromatic rings. The van der Waals surface area contributed by atoms with Crippen LogP contribution in [0.15, 0.2) is 18.2 Å². The third kappa shape index (κ3) is 3.32. The summed E-state index contributed by atoms with van der Waals surface area (Å²) in [4.78, 5) is 25.4. The van der Waals surface area contributed by atoms with Crippen LogP contribution in [0.1, 0.15) is 36.0 Å². The van der Waals surface area contributed by atoms with Gasteiger partial charge in [0.2, 0.25) is 0 Å². The SMILES string of the molecule is COC(=O)CN(C(=O)c1c(O)cccc1F)C1CCCC1. The van der Waals surface area contributed by atoms with E-state index in [0.29, 0.717) is 0 Å². The average Bonchev–Trinajstić information content (AvgIpc) is 2.97. The number of phenolic OH excluding ortho intramolecular Hbond substituents is 1. The number of aromatic hydroxyl groups is 1. The highest BCUT2D eigenvalue weighted by Gasteiger charge is 2.32. The molecule has 21 heavy (non-hydrogen) atoms. The Morgan fingerprint density at radius 3 is 2.62 bits per heavy atom. The van der Waals surface area contributed by atoms with Crippen LogP contribution in [-0.4, -0.2) is 41.6 Å². The lowest BCUT2D eigenvalue weighted by Gasteiger charge is -2.28. The fourth-order valence-corrected chi connectivity index (χ4v) is 2.65. The molecule has 0 spiro atoms. The summed E-state index contributed by atoms with van der Waals surface area (Å²) in [5.41, 5.74) is -0.395. The van der Waals surface area contributed by atoms with Gasteiger partial charge in [0.15, 0.2) is 0 Å². The van der Waals surface area contributed by atoms with Crippen molar-refractivity contribution in [1.29, 1.82) is 0 Å². The first kappa shape index (κ1) is 15.3. The van der Waals surface area contributed by atoms with Crippen molar-refractivity contribution in [3.8, 4) is 5.75 Å². The number of carbonyl (C=O) groups is 2. The van der Waals surface area contributed by atoms with Crippen LogP contribution in [-0.2, 0) is 9.53 Å². The number of halogens is 1. The van der Waals surface area contributed by atoms with Crippen LogP contribution in [0.4, 0.5) is 4.39 Å². The van der Waals surface area contributed by atoms with Gasteiger partial charge in [0, 0.05) is 6.04 Å². The van der Waals surface area contributed by atoms with Crippen LogP contribution in [0.2, 0.25) is 0 Å². The molecule has 1 aromatic carbocycles. The molecule has 0 radical (unpaired) electrons. The minimum Gasteiger partial charge on any atom is -0.507 e. The molecule has 114 valence electrons. The van der Waals surface area contributed by atoms with Crippen LogP contribution < -0.4 is 0 Å². The van der Waals surface area contributed by atoms with E-state index in [2.05, 4.69) is 4.74 Å². The quantitative estimate of drug-likeness (QED) is 0.864. The molecule has 5 nitrogen and oxygen atoms in total. The standard InChI is InChI=1S/C15H18FNO4/c1-21-13(19)9-17(10-5-2-3-6-10)15(20)14-11(16)7-4-8-12(14)18/h4,7-8,10,18H,2-3,5-6,9H2,1H3. The molecule has 1 N–H and O–H groups in total. The first-order chi connectivity index (χ1) is 10.0. The summed E-state index contributed by atoms with van der Waals surface area (Å²) in [6.45, 7) is -0.242. The van der Waals surface area contributed by atoms with E-state index < -0.39 is 29.0 Å². The maximum atomic E-state index is 13.8. The minimum absolute atomic E-state index is 0.129. The van der Waals surface area contributed by atoms with Gasteiger partial charge in [0.05, 0.1) is 7.11 Å². The van der Waals surface area contributed by atoms with E-state index in [0.717, 1.165) is 31.7 Å². The Kier molecular flexibility index (Phi) is 4.77. The summed E-state index contributed by atoms with van der Waals surface area (Å²) >= 11 is 0. The third-order valence-corrected chi connectivity index (χ3v) is 3.76. The maximum Gasteiger partial charge on any atom is 0.325 e. The van der Waals surface area contributed by atoms with Gasteiger partial charge in [-0.15, -0.1) is 0 Å². The molecule has 1 aliphatic carbocycles. The average molecular weight is 295 g/mol. The molecule has 0 unspecified atom stereocenters. The first-order valence-corrected chi connectivity index (χ1v) is 6.90. The second-order valence-electron chi connectivity index (χ2n) is 5.08. The molecule has 0 bridgehead atoms. The van der Waals surface area contributed by atoms with Gasteiger partial charge in [-0.2, -0.15) is 0 Å². The highest BCUT2D eigenvalue weighted by molar-refractivity contribution is 5.98. The van der Waals surface area contributed by atoms with E-state index >= 15 is 0 Å². The van der Waals surface area contributed by atoms with Crippen LogP contribution in [0, 0.1) is 5.82 Å². The number of nitrogens with zero attached hydrogens (tertiary/aromatic N) is 1. The number of carbonyl (C=O) groups excluding carboxylic acids is 2. The van der Waals surface area contributed by atoms with Crippen molar-refractivity contribution < 1.29 is 23.8 Å². The smallest absolute Gasteiger partial charge is 0.325 e. The molecule has 1 saturated carbocycles. The Morgan fingerprint density at radius 1 is 1.38 bits per heavy atom. The highest BCUT2D eigenvalue weighted by Crippen LogP contribution is 2.28. The summed E-state index contributed by atoms with van der Waals surface area (Å²) in [7, 11) is 1.24. The Bertz CT molecular complexity index is 520. The van der Waals surface area contributed by atoms with E-state index in [1.54, 1.807) is 0 Å². The number of ether oxygens (including phenoxy) is 1. The maximum absolute atomic E-state index is 13.8. The third-order valence-electron chi connectivity index (χ3n) is 3.76. The van der Waals surface area contributed by atoms with E-state index in [9.17, 15) is 19.1 Å². The summed E-state index contributed by atoms with van der Waals surface area (Å²) in [6, 6.07) is 3.55. The van der Waals surface area contributed by atoms with Gasteiger partial charge in [-0.25, -0.2) is 4.39 Å². The van der Waals surface area contributed by atoms with E-state index in [-0.39, 0.29) is 12.6 Å². The largest absolute Gasteiger partial charge is 0.507 e. The van der Waals surface area contributed by atoms with E-state index in [1.165, 1.54) is 24.1 Å². The van der Waals surface area contributed by atoms with Crippen molar-refractivity contribution in [1.82, 2.24) is 4.90 Å². The second-order valence-corrected chi connectivity index (χ2v) is 5.08. The summed E-state index contributed by atoms with van der Waals surface area (Å²) < 4.78 is 18.4. The molecule has 1 fully saturated rings. The van der Waals surface area contributed by atoms with Gasteiger partial charge < -0.3 is 14.7 Å². The zero-order valence-electron chi connectivity index (χ0n) is 11.8. The summed E-state index contributed by atoms with van der Waals surface area (Å²) in [5, 5.41) is 9.74. The Hall–Kier alpha value is -2.11. The number of phenols is 1. The van der Waals surface area contributed by atoms with Gasteiger partial charge >= 0.3 is 5.97 Å². The number of hydrogen-bond acceptors (Lipinski definition) is 4. The molecule has 0 heterocycles. The Labute approximate surface area is 122 Å². The van der Waals surface area contributed by atoms with Gasteiger partial charge in [-0.3, -0.25) is 9.59 Å². The van der Waals surface area contributed by atoms with Gasteiger partial charge in [0.1, 0.15) is 23.7 Å². The topological polar surface area (TPSA) is 66.8 Å². The lowest BCUT2D eigenvalue weighted by molar-refractivity contribution is -0.141.